The highest BCUT2D eigenvalue weighted by atomic mass is 35.5. The summed E-state index contributed by atoms with van der Waals surface area (Å²) in [6, 6.07) is 10.8. The van der Waals surface area contributed by atoms with Crippen LogP contribution in [-0.2, 0) is 11.3 Å². The molecule has 2 N–H and O–H groups in total. The molecular formula is C18H29Cl2N3O. The Morgan fingerprint density at radius 3 is 2.62 bits per heavy atom. The molecule has 1 aromatic rings. The summed E-state index contributed by atoms with van der Waals surface area (Å²) in [5, 5.41) is 6.63. The highest BCUT2D eigenvalue weighted by Gasteiger charge is 2.30. The molecule has 0 spiro atoms. The van der Waals surface area contributed by atoms with Gasteiger partial charge < -0.3 is 10.6 Å². The number of piperidine rings is 2. The van der Waals surface area contributed by atoms with Crippen molar-refractivity contribution < 1.29 is 4.79 Å². The number of likely N-dealkylation sites (tertiary alicyclic amines) is 1. The lowest BCUT2D eigenvalue weighted by Gasteiger charge is -2.36. The number of amides is 1. The normalized spacial score (nSPS) is 24.3. The molecule has 24 heavy (non-hydrogen) atoms. The molecule has 0 radical (unpaired) electrons. The number of hydrogen-bond donors (Lipinski definition) is 2. The van der Waals surface area contributed by atoms with Gasteiger partial charge in [0.2, 0.25) is 5.91 Å². The van der Waals surface area contributed by atoms with E-state index in [2.05, 4.69) is 39.8 Å². The van der Waals surface area contributed by atoms with Crippen LogP contribution < -0.4 is 10.6 Å². The van der Waals surface area contributed by atoms with Crippen LogP contribution in [0.5, 0.6) is 0 Å². The number of nitrogens with one attached hydrogen (secondary N) is 2. The van der Waals surface area contributed by atoms with Crippen LogP contribution in [0, 0.1) is 0 Å². The van der Waals surface area contributed by atoms with E-state index in [-0.39, 0.29) is 36.8 Å². The number of hydrogen-bond acceptors (Lipinski definition) is 3. The van der Waals surface area contributed by atoms with Crippen LogP contribution in [0.3, 0.4) is 0 Å². The van der Waals surface area contributed by atoms with Gasteiger partial charge in [-0.3, -0.25) is 9.69 Å². The number of benzene rings is 1. The Labute approximate surface area is 157 Å². The standard InChI is InChI=1S/C18H27N3O.2ClH/c22-18(20-16-9-6-11-19-13-16)17-10-4-5-12-21(17)14-15-7-2-1-3-8-15;;/h1-3,7-8,16-17,19H,4-6,9-14H2,(H,20,22);2*1H. The SMILES string of the molecule is Cl.Cl.O=C(NC1CCCNC1)C1CCCCN1Cc1ccccc1. The van der Waals surface area contributed by atoms with Gasteiger partial charge in [-0.2, -0.15) is 0 Å². The van der Waals surface area contributed by atoms with Crippen LogP contribution in [0.1, 0.15) is 37.7 Å². The average molecular weight is 374 g/mol. The van der Waals surface area contributed by atoms with E-state index in [4.69, 9.17) is 0 Å². The van der Waals surface area contributed by atoms with Crippen molar-refractivity contribution in [1.82, 2.24) is 15.5 Å². The van der Waals surface area contributed by atoms with E-state index in [9.17, 15) is 4.79 Å². The van der Waals surface area contributed by atoms with E-state index in [1.807, 2.05) is 6.07 Å². The van der Waals surface area contributed by atoms with Gasteiger partial charge in [0.1, 0.15) is 0 Å². The Bertz CT molecular complexity index is 480. The molecule has 0 bridgehead atoms. The molecule has 1 amide bonds. The fourth-order valence-corrected chi connectivity index (χ4v) is 3.57. The monoisotopic (exact) mass is 373 g/mol. The first-order valence-corrected chi connectivity index (χ1v) is 8.62. The molecule has 0 saturated carbocycles. The molecule has 0 aliphatic carbocycles. The highest BCUT2D eigenvalue weighted by Crippen LogP contribution is 2.20. The molecule has 2 aliphatic rings. The first-order valence-electron chi connectivity index (χ1n) is 8.62. The number of carbonyl (C=O) groups excluding carboxylic acids is 1. The van der Waals surface area contributed by atoms with Gasteiger partial charge in [-0.1, -0.05) is 36.8 Å². The van der Waals surface area contributed by atoms with Gasteiger partial charge >= 0.3 is 0 Å². The minimum atomic E-state index is 0. The van der Waals surface area contributed by atoms with Gasteiger partial charge in [-0.15, -0.1) is 24.8 Å². The summed E-state index contributed by atoms with van der Waals surface area (Å²) in [6.07, 6.45) is 5.60. The predicted octanol–water partition coefficient (Wildman–Crippen LogP) is 2.75. The third-order valence-corrected chi connectivity index (χ3v) is 4.79. The van der Waals surface area contributed by atoms with Crippen molar-refractivity contribution >= 4 is 30.7 Å². The molecule has 2 unspecified atom stereocenters. The third-order valence-electron chi connectivity index (χ3n) is 4.79. The molecule has 136 valence electrons. The molecule has 2 heterocycles. The zero-order valence-corrected chi connectivity index (χ0v) is 15.7. The van der Waals surface area contributed by atoms with Crippen molar-refractivity contribution in [2.75, 3.05) is 19.6 Å². The topological polar surface area (TPSA) is 44.4 Å². The van der Waals surface area contributed by atoms with Crippen LogP contribution in [0.2, 0.25) is 0 Å². The second kappa shape index (κ2) is 10.9. The molecule has 4 nitrogen and oxygen atoms in total. The molecule has 2 saturated heterocycles. The van der Waals surface area contributed by atoms with Crippen LogP contribution in [0.25, 0.3) is 0 Å². The van der Waals surface area contributed by atoms with Crippen molar-refractivity contribution in [3.8, 4) is 0 Å². The third kappa shape index (κ3) is 5.92. The van der Waals surface area contributed by atoms with Crippen LogP contribution in [-0.4, -0.2) is 42.5 Å². The molecule has 1 aromatic carbocycles. The Morgan fingerprint density at radius 1 is 1.12 bits per heavy atom. The number of halogens is 2. The minimum Gasteiger partial charge on any atom is -0.351 e. The van der Waals surface area contributed by atoms with Crippen molar-refractivity contribution in [3.05, 3.63) is 35.9 Å². The van der Waals surface area contributed by atoms with Crippen LogP contribution in [0.15, 0.2) is 30.3 Å². The lowest BCUT2D eigenvalue weighted by molar-refractivity contribution is -0.128. The number of rotatable bonds is 4. The van der Waals surface area contributed by atoms with Gasteiger partial charge in [-0.05, 0) is 44.3 Å². The second-order valence-corrected chi connectivity index (χ2v) is 6.52. The molecule has 6 heteroatoms. The Balaban J connectivity index is 0.00000144. The van der Waals surface area contributed by atoms with E-state index in [1.54, 1.807) is 0 Å². The minimum absolute atomic E-state index is 0. The molecule has 2 atom stereocenters. The zero-order valence-electron chi connectivity index (χ0n) is 14.1. The Morgan fingerprint density at radius 2 is 1.92 bits per heavy atom. The van der Waals surface area contributed by atoms with Crippen molar-refractivity contribution in [2.45, 2.75) is 50.7 Å². The maximum absolute atomic E-state index is 12.7. The summed E-state index contributed by atoms with van der Waals surface area (Å²) in [6.45, 7) is 3.89. The summed E-state index contributed by atoms with van der Waals surface area (Å²) in [4.78, 5) is 15.0. The molecular weight excluding hydrogens is 345 g/mol. The van der Waals surface area contributed by atoms with Crippen LogP contribution in [0.4, 0.5) is 0 Å². The van der Waals surface area contributed by atoms with E-state index < -0.39 is 0 Å². The van der Waals surface area contributed by atoms with E-state index in [1.165, 1.54) is 12.0 Å². The Kier molecular flexibility index (Phi) is 9.67. The van der Waals surface area contributed by atoms with Crippen molar-refractivity contribution in [3.63, 3.8) is 0 Å². The van der Waals surface area contributed by atoms with Crippen LogP contribution >= 0.6 is 24.8 Å². The first-order chi connectivity index (χ1) is 10.8. The highest BCUT2D eigenvalue weighted by molar-refractivity contribution is 5.85. The Hall–Kier alpha value is -0.810. The van der Waals surface area contributed by atoms with E-state index >= 15 is 0 Å². The smallest absolute Gasteiger partial charge is 0.237 e. The lowest BCUT2D eigenvalue weighted by atomic mass is 9.99. The van der Waals surface area contributed by atoms with Crippen molar-refractivity contribution in [2.24, 2.45) is 0 Å². The molecule has 0 aromatic heterocycles. The average Bonchev–Trinajstić information content (AvgIpc) is 2.57. The van der Waals surface area contributed by atoms with Gasteiger partial charge in [-0.25, -0.2) is 0 Å². The molecule has 3 rings (SSSR count). The van der Waals surface area contributed by atoms with Crippen molar-refractivity contribution in [1.29, 1.82) is 0 Å². The van der Waals surface area contributed by atoms with E-state index in [0.29, 0.717) is 6.04 Å². The zero-order chi connectivity index (χ0) is 15.2. The fourth-order valence-electron chi connectivity index (χ4n) is 3.57. The number of carbonyl (C=O) groups is 1. The summed E-state index contributed by atoms with van der Waals surface area (Å²) in [7, 11) is 0. The van der Waals surface area contributed by atoms with Gasteiger partial charge in [0.15, 0.2) is 0 Å². The molecule has 2 aliphatic heterocycles. The maximum Gasteiger partial charge on any atom is 0.237 e. The first kappa shape index (κ1) is 21.2. The largest absolute Gasteiger partial charge is 0.351 e. The molecule has 2 fully saturated rings. The number of nitrogens with zero attached hydrogens (tertiary/aromatic N) is 1. The summed E-state index contributed by atoms with van der Waals surface area (Å²) < 4.78 is 0. The fraction of sp³-hybridized carbons (Fsp3) is 0.611. The summed E-state index contributed by atoms with van der Waals surface area (Å²) >= 11 is 0. The quantitative estimate of drug-likeness (QED) is 0.852. The summed E-state index contributed by atoms with van der Waals surface area (Å²) in [5.74, 6) is 0.226. The van der Waals surface area contributed by atoms with Gasteiger partial charge in [0, 0.05) is 19.1 Å². The predicted molar refractivity (Wildman–Crippen MR) is 103 cm³/mol. The maximum atomic E-state index is 12.7. The summed E-state index contributed by atoms with van der Waals surface area (Å²) in [5.41, 5.74) is 1.29. The van der Waals surface area contributed by atoms with Gasteiger partial charge in [0.25, 0.3) is 0 Å². The van der Waals surface area contributed by atoms with Gasteiger partial charge in [0.05, 0.1) is 6.04 Å². The second-order valence-electron chi connectivity index (χ2n) is 6.52. The lowest BCUT2D eigenvalue weighted by Crippen LogP contribution is -2.54. The van der Waals surface area contributed by atoms with E-state index in [0.717, 1.165) is 51.9 Å².